The fraction of sp³-hybridized carbons (Fsp3) is 0.455. The van der Waals surface area contributed by atoms with Crippen molar-refractivity contribution in [2.75, 3.05) is 6.61 Å². The van der Waals surface area contributed by atoms with E-state index >= 15 is 0 Å². The first-order valence-corrected chi connectivity index (χ1v) is 4.85. The van der Waals surface area contributed by atoms with Gasteiger partial charge in [0, 0.05) is 11.8 Å². The van der Waals surface area contributed by atoms with Crippen molar-refractivity contribution in [3.05, 3.63) is 34.2 Å². The lowest BCUT2D eigenvalue weighted by atomic mass is 9.86. The molecule has 1 heterocycles. The number of esters is 1. The summed E-state index contributed by atoms with van der Waals surface area (Å²) in [6, 6.07) is 3.33. The van der Waals surface area contributed by atoms with Gasteiger partial charge >= 0.3 is 5.97 Å². The molecule has 0 bridgehead atoms. The van der Waals surface area contributed by atoms with Crippen molar-refractivity contribution in [2.24, 2.45) is 0 Å². The molecular formula is C11H15NO3. The van der Waals surface area contributed by atoms with Crippen LogP contribution in [-0.2, 0) is 14.9 Å². The van der Waals surface area contributed by atoms with E-state index in [9.17, 15) is 9.59 Å². The van der Waals surface area contributed by atoms with E-state index in [4.69, 9.17) is 4.74 Å². The maximum atomic E-state index is 11.6. The van der Waals surface area contributed by atoms with Gasteiger partial charge in [0.2, 0.25) is 0 Å². The van der Waals surface area contributed by atoms with E-state index in [0.717, 1.165) is 0 Å². The van der Waals surface area contributed by atoms with Gasteiger partial charge in [-0.25, -0.2) is 0 Å². The van der Waals surface area contributed by atoms with Crippen LogP contribution in [0.15, 0.2) is 23.1 Å². The Morgan fingerprint density at radius 3 is 2.73 bits per heavy atom. The maximum absolute atomic E-state index is 11.6. The molecule has 0 atom stereocenters. The molecule has 1 aromatic rings. The Bertz CT molecular complexity index is 406. The molecule has 0 aliphatic heterocycles. The summed E-state index contributed by atoms with van der Waals surface area (Å²) in [5.41, 5.74) is -0.746. The van der Waals surface area contributed by atoms with Crippen LogP contribution in [0.2, 0.25) is 0 Å². The van der Waals surface area contributed by atoms with E-state index in [1.165, 1.54) is 6.20 Å². The smallest absolute Gasteiger partial charge is 0.316 e. The fourth-order valence-corrected chi connectivity index (χ4v) is 1.34. The number of rotatable bonds is 3. The standard InChI is InChI=1S/C11H15NO3/c1-4-15-10(14)11(2,3)8-6-5-7-12-9(8)13/h5-7H,4H2,1-3H3,(H,12,13). The second-order valence-electron chi connectivity index (χ2n) is 3.76. The average molecular weight is 209 g/mol. The van der Waals surface area contributed by atoms with Gasteiger partial charge in [-0.15, -0.1) is 0 Å². The highest BCUT2D eigenvalue weighted by Crippen LogP contribution is 2.21. The second-order valence-corrected chi connectivity index (χ2v) is 3.76. The van der Waals surface area contributed by atoms with Crippen LogP contribution in [0.1, 0.15) is 26.3 Å². The molecule has 0 saturated heterocycles. The quantitative estimate of drug-likeness (QED) is 0.761. The lowest BCUT2D eigenvalue weighted by Gasteiger charge is -2.21. The summed E-state index contributed by atoms with van der Waals surface area (Å²) >= 11 is 0. The third kappa shape index (κ3) is 2.26. The Morgan fingerprint density at radius 1 is 1.53 bits per heavy atom. The minimum absolute atomic E-state index is 0.254. The number of ether oxygens (including phenoxy) is 1. The summed E-state index contributed by atoms with van der Waals surface area (Å²) in [6.07, 6.45) is 1.53. The first kappa shape index (κ1) is 11.5. The van der Waals surface area contributed by atoms with Gasteiger partial charge in [-0.1, -0.05) is 6.07 Å². The molecule has 0 saturated carbocycles. The predicted octanol–water partition coefficient (Wildman–Crippen LogP) is 1.22. The van der Waals surface area contributed by atoms with Crippen molar-refractivity contribution in [3.63, 3.8) is 0 Å². The normalized spacial score (nSPS) is 11.1. The molecule has 4 nitrogen and oxygen atoms in total. The van der Waals surface area contributed by atoms with Crippen molar-refractivity contribution in [1.82, 2.24) is 4.98 Å². The van der Waals surface area contributed by atoms with Crippen LogP contribution in [0, 0.1) is 0 Å². The molecule has 0 aliphatic carbocycles. The summed E-state index contributed by atoms with van der Waals surface area (Å²) < 4.78 is 4.92. The van der Waals surface area contributed by atoms with Gasteiger partial charge in [-0.3, -0.25) is 9.59 Å². The van der Waals surface area contributed by atoms with E-state index in [1.54, 1.807) is 32.9 Å². The van der Waals surface area contributed by atoms with Crippen molar-refractivity contribution in [3.8, 4) is 0 Å². The zero-order valence-electron chi connectivity index (χ0n) is 9.16. The van der Waals surface area contributed by atoms with Gasteiger partial charge in [0.1, 0.15) is 0 Å². The van der Waals surface area contributed by atoms with E-state index < -0.39 is 5.41 Å². The molecule has 0 amide bonds. The summed E-state index contributed by atoms with van der Waals surface area (Å²) in [4.78, 5) is 25.7. The highest BCUT2D eigenvalue weighted by atomic mass is 16.5. The minimum Gasteiger partial charge on any atom is -0.465 e. The van der Waals surface area contributed by atoms with Crippen molar-refractivity contribution >= 4 is 5.97 Å². The van der Waals surface area contributed by atoms with Gasteiger partial charge in [0.05, 0.1) is 12.0 Å². The highest BCUT2D eigenvalue weighted by Gasteiger charge is 2.33. The summed E-state index contributed by atoms with van der Waals surface area (Å²) in [5, 5.41) is 0. The molecule has 0 fully saturated rings. The minimum atomic E-state index is -0.912. The number of aromatic amines is 1. The largest absolute Gasteiger partial charge is 0.465 e. The van der Waals surface area contributed by atoms with Crippen molar-refractivity contribution in [1.29, 1.82) is 0 Å². The Morgan fingerprint density at radius 2 is 2.20 bits per heavy atom. The SMILES string of the molecule is CCOC(=O)C(C)(C)c1ccc[nH]c1=O. The average Bonchev–Trinajstić information content (AvgIpc) is 2.18. The van der Waals surface area contributed by atoms with E-state index in [1.807, 2.05) is 0 Å². The number of carbonyl (C=O) groups excluding carboxylic acids is 1. The first-order chi connectivity index (χ1) is 7.00. The number of H-pyrrole nitrogens is 1. The highest BCUT2D eigenvalue weighted by molar-refractivity contribution is 5.81. The molecule has 0 radical (unpaired) electrons. The molecule has 0 unspecified atom stereocenters. The maximum Gasteiger partial charge on any atom is 0.316 e. The van der Waals surface area contributed by atoms with Crippen molar-refractivity contribution in [2.45, 2.75) is 26.2 Å². The van der Waals surface area contributed by atoms with E-state index in [2.05, 4.69) is 4.98 Å². The van der Waals surface area contributed by atoms with Crippen LogP contribution < -0.4 is 5.56 Å². The molecule has 82 valence electrons. The topological polar surface area (TPSA) is 59.2 Å². The Hall–Kier alpha value is -1.58. The van der Waals surface area contributed by atoms with E-state index in [0.29, 0.717) is 12.2 Å². The summed E-state index contributed by atoms with van der Waals surface area (Å²) in [6.45, 7) is 5.40. The van der Waals surface area contributed by atoms with Crippen LogP contribution >= 0.6 is 0 Å². The molecule has 15 heavy (non-hydrogen) atoms. The monoisotopic (exact) mass is 209 g/mol. The number of aromatic nitrogens is 1. The Balaban J connectivity index is 3.11. The second kappa shape index (κ2) is 4.29. The Kier molecular flexibility index (Phi) is 3.29. The van der Waals surface area contributed by atoms with Gasteiger partial charge in [0.15, 0.2) is 0 Å². The number of carbonyl (C=O) groups is 1. The van der Waals surface area contributed by atoms with Crippen LogP contribution in [0.4, 0.5) is 0 Å². The zero-order chi connectivity index (χ0) is 11.5. The number of nitrogens with one attached hydrogen (secondary N) is 1. The third-order valence-corrected chi connectivity index (χ3v) is 2.28. The fourth-order valence-electron chi connectivity index (χ4n) is 1.34. The molecular weight excluding hydrogens is 194 g/mol. The molecule has 0 aliphatic rings. The van der Waals surface area contributed by atoms with Crippen LogP contribution in [0.25, 0.3) is 0 Å². The lowest BCUT2D eigenvalue weighted by molar-refractivity contribution is -0.148. The van der Waals surface area contributed by atoms with Gasteiger partial charge in [-0.2, -0.15) is 0 Å². The molecule has 1 N–H and O–H groups in total. The predicted molar refractivity (Wildman–Crippen MR) is 56.7 cm³/mol. The first-order valence-electron chi connectivity index (χ1n) is 4.85. The zero-order valence-corrected chi connectivity index (χ0v) is 9.16. The van der Waals surface area contributed by atoms with Crippen molar-refractivity contribution < 1.29 is 9.53 Å². The Labute approximate surface area is 88.3 Å². The number of pyridine rings is 1. The molecule has 0 aromatic carbocycles. The summed E-state index contributed by atoms with van der Waals surface area (Å²) in [5.74, 6) is -0.387. The van der Waals surface area contributed by atoms with E-state index in [-0.39, 0.29) is 11.5 Å². The van der Waals surface area contributed by atoms with Gasteiger partial charge < -0.3 is 9.72 Å². The van der Waals surface area contributed by atoms with Gasteiger partial charge in [-0.05, 0) is 26.8 Å². The van der Waals surface area contributed by atoms with Crippen LogP contribution in [0.5, 0.6) is 0 Å². The number of hydrogen-bond donors (Lipinski definition) is 1. The molecule has 1 rings (SSSR count). The third-order valence-electron chi connectivity index (χ3n) is 2.28. The van der Waals surface area contributed by atoms with Gasteiger partial charge in [0.25, 0.3) is 5.56 Å². The molecule has 4 heteroatoms. The van der Waals surface area contributed by atoms with Crippen LogP contribution in [-0.4, -0.2) is 17.6 Å². The summed E-state index contributed by atoms with van der Waals surface area (Å²) in [7, 11) is 0. The molecule has 1 aromatic heterocycles. The number of hydrogen-bond acceptors (Lipinski definition) is 3. The lowest BCUT2D eigenvalue weighted by Crippen LogP contribution is -2.36. The van der Waals surface area contributed by atoms with Crippen LogP contribution in [0.3, 0.4) is 0 Å². The molecule has 0 spiro atoms.